The van der Waals surface area contributed by atoms with Crippen molar-refractivity contribution in [2.75, 3.05) is 58.1 Å². The number of nitrogens with zero attached hydrogens (tertiary/aromatic N) is 4. The minimum atomic E-state index is -0.309. The van der Waals surface area contributed by atoms with Gasteiger partial charge in [0.15, 0.2) is 11.5 Å². The van der Waals surface area contributed by atoms with Crippen molar-refractivity contribution >= 4 is 28.6 Å². The molecule has 5 rings (SSSR count). The minimum absolute atomic E-state index is 0.00130. The number of fused-ring (bicyclic) bond motifs is 1. The quantitative estimate of drug-likeness (QED) is 0.276. The van der Waals surface area contributed by atoms with Gasteiger partial charge in [0, 0.05) is 43.5 Å². The predicted octanol–water partition coefficient (Wildman–Crippen LogP) is 4.51. The molecule has 3 N–H and O–H groups in total. The Morgan fingerprint density at radius 1 is 1.02 bits per heavy atom. The molecule has 43 heavy (non-hydrogen) atoms. The summed E-state index contributed by atoms with van der Waals surface area (Å²) >= 11 is 0. The Morgan fingerprint density at radius 2 is 1.77 bits per heavy atom. The molecule has 3 aromatic carbocycles. The Hall–Kier alpha value is -4.64. The summed E-state index contributed by atoms with van der Waals surface area (Å²) in [7, 11) is 4.76. The molecule has 0 radical (unpaired) electrons. The van der Waals surface area contributed by atoms with Crippen LogP contribution in [0.2, 0.25) is 0 Å². The number of nitrogens with one attached hydrogen (secondary N) is 1. The molecule has 11 heteroatoms. The number of carbonyl (C=O) groups excluding carboxylic acids is 1. The molecule has 2 atom stereocenters. The van der Waals surface area contributed by atoms with Crippen LogP contribution in [0.1, 0.15) is 36.6 Å². The van der Waals surface area contributed by atoms with Crippen LogP contribution in [0.15, 0.2) is 60.7 Å². The number of nitrogen functional groups attached to an aromatic ring is 1. The number of carbonyl (C=O) groups is 1. The summed E-state index contributed by atoms with van der Waals surface area (Å²) in [5.74, 6) is 2.24. The summed E-state index contributed by atoms with van der Waals surface area (Å²) in [4.78, 5) is 27.2. The summed E-state index contributed by atoms with van der Waals surface area (Å²) in [6.07, 6.45) is 0.241. The number of rotatable bonds is 10. The van der Waals surface area contributed by atoms with Crippen LogP contribution in [0.5, 0.6) is 17.2 Å². The van der Waals surface area contributed by atoms with E-state index in [9.17, 15) is 9.18 Å². The second-order valence-corrected chi connectivity index (χ2v) is 10.3. The molecule has 1 saturated heterocycles. The number of benzene rings is 3. The first-order valence-corrected chi connectivity index (χ1v) is 14.2. The molecule has 1 amide bonds. The lowest BCUT2D eigenvalue weighted by atomic mass is 9.99. The maximum absolute atomic E-state index is 13.7. The lowest BCUT2D eigenvalue weighted by Crippen LogP contribution is -2.51. The van der Waals surface area contributed by atoms with Gasteiger partial charge in [0.1, 0.15) is 17.4 Å². The van der Waals surface area contributed by atoms with E-state index in [4.69, 9.17) is 24.9 Å². The van der Waals surface area contributed by atoms with Gasteiger partial charge in [0.25, 0.3) is 0 Å². The van der Waals surface area contributed by atoms with Crippen molar-refractivity contribution in [3.8, 4) is 17.2 Å². The molecule has 4 aromatic rings. The Morgan fingerprint density at radius 3 is 2.47 bits per heavy atom. The van der Waals surface area contributed by atoms with Gasteiger partial charge in [0.05, 0.1) is 32.9 Å². The van der Waals surface area contributed by atoms with E-state index in [2.05, 4.69) is 15.2 Å². The van der Waals surface area contributed by atoms with Crippen molar-refractivity contribution in [2.45, 2.75) is 25.4 Å². The number of hydrogen-bond donors (Lipinski definition) is 2. The van der Waals surface area contributed by atoms with Crippen LogP contribution in [0.4, 0.5) is 16.2 Å². The number of anilines is 2. The zero-order valence-electron chi connectivity index (χ0n) is 24.8. The van der Waals surface area contributed by atoms with Crippen molar-refractivity contribution in [1.29, 1.82) is 0 Å². The largest absolute Gasteiger partial charge is 0.497 e. The smallest absolute Gasteiger partial charge is 0.228 e. The highest BCUT2D eigenvalue weighted by molar-refractivity contribution is 5.92. The maximum Gasteiger partial charge on any atom is 0.228 e. The second-order valence-electron chi connectivity index (χ2n) is 10.3. The van der Waals surface area contributed by atoms with E-state index in [1.54, 1.807) is 45.6 Å². The third-order valence-electron chi connectivity index (χ3n) is 7.79. The molecule has 0 aliphatic carbocycles. The topological polar surface area (TPSA) is 115 Å². The highest BCUT2D eigenvalue weighted by Crippen LogP contribution is 2.37. The molecule has 1 aliphatic rings. The van der Waals surface area contributed by atoms with Crippen molar-refractivity contribution in [3.05, 3.63) is 77.6 Å². The third-order valence-corrected chi connectivity index (χ3v) is 7.79. The molecule has 10 nitrogen and oxygen atoms in total. The van der Waals surface area contributed by atoms with E-state index in [0.717, 1.165) is 11.1 Å². The molecular formula is C32H37FN6O4. The van der Waals surface area contributed by atoms with E-state index in [1.165, 1.54) is 12.1 Å². The monoisotopic (exact) mass is 588 g/mol. The highest BCUT2D eigenvalue weighted by atomic mass is 19.1. The Kier molecular flexibility index (Phi) is 9.10. The number of halogens is 1. The van der Waals surface area contributed by atoms with Crippen molar-refractivity contribution < 1.29 is 23.4 Å². The number of ether oxygens (including phenoxy) is 3. The zero-order valence-corrected chi connectivity index (χ0v) is 24.8. The van der Waals surface area contributed by atoms with Crippen molar-refractivity contribution in [2.24, 2.45) is 0 Å². The highest BCUT2D eigenvalue weighted by Gasteiger charge is 2.34. The van der Waals surface area contributed by atoms with Gasteiger partial charge in [-0.1, -0.05) is 31.2 Å². The van der Waals surface area contributed by atoms with Crippen molar-refractivity contribution in [1.82, 2.24) is 20.2 Å². The average Bonchev–Trinajstić information content (AvgIpc) is 3.04. The number of methoxy groups -OCH3 is 3. The van der Waals surface area contributed by atoms with Gasteiger partial charge in [-0.2, -0.15) is 4.98 Å². The maximum atomic E-state index is 13.7. The van der Waals surface area contributed by atoms with Gasteiger partial charge in [0.2, 0.25) is 11.9 Å². The van der Waals surface area contributed by atoms with E-state index < -0.39 is 0 Å². The fourth-order valence-corrected chi connectivity index (χ4v) is 5.53. The van der Waals surface area contributed by atoms with Crippen LogP contribution in [0, 0.1) is 5.82 Å². The Bertz CT molecular complexity index is 1580. The van der Waals surface area contributed by atoms with Crippen LogP contribution in [-0.4, -0.2) is 68.3 Å². The summed E-state index contributed by atoms with van der Waals surface area (Å²) in [6, 6.07) is 17.1. The lowest BCUT2D eigenvalue weighted by molar-refractivity contribution is -0.132. The number of amides is 1. The van der Waals surface area contributed by atoms with Crippen molar-refractivity contribution in [3.63, 3.8) is 0 Å². The average molecular weight is 589 g/mol. The van der Waals surface area contributed by atoms with Crippen LogP contribution in [0.3, 0.4) is 0 Å². The van der Waals surface area contributed by atoms with Gasteiger partial charge in [-0.15, -0.1) is 0 Å². The first kappa shape index (κ1) is 29.8. The van der Waals surface area contributed by atoms with E-state index in [-0.39, 0.29) is 30.2 Å². The molecule has 1 aliphatic heterocycles. The molecule has 2 heterocycles. The van der Waals surface area contributed by atoms with E-state index in [1.807, 2.05) is 36.1 Å². The summed E-state index contributed by atoms with van der Waals surface area (Å²) in [5.41, 5.74) is 8.88. The van der Waals surface area contributed by atoms with Gasteiger partial charge < -0.3 is 35.1 Å². The fourth-order valence-electron chi connectivity index (χ4n) is 5.53. The minimum Gasteiger partial charge on any atom is -0.497 e. The molecule has 1 unspecified atom stereocenters. The molecule has 1 aromatic heterocycles. The zero-order chi connectivity index (χ0) is 30.5. The van der Waals surface area contributed by atoms with Crippen LogP contribution in [-0.2, 0) is 4.79 Å². The molecule has 0 saturated carbocycles. The Labute approximate surface area is 250 Å². The molecule has 226 valence electrons. The standard InChI is InChI=1S/C32H37FN6O4/c1-5-35-25(20-9-11-22(33)12-10-20)18-30(40)38-13-14-39(27(19-38)21-7-6-8-23(15-21)41-2)32-36-26-17-29(43-4)28(42-3)16-24(26)31(34)37-32/h6-12,15-17,25,27,35H,5,13-14,18-19H2,1-4H3,(H2,34,36,37)/t25-,27?/m1/s1. The number of hydrogen-bond acceptors (Lipinski definition) is 9. The number of nitrogens with two attached hydrogens (primary N) is 1. The fraction of sp³-hybridized carbons (Fsp3) is 0.344. The number of piperazine rings is 1. The molecular weight excluding hydrogens is 551 g/mol. The lowest BCUT2D eigenvalue weighted by Gasteiger charge is -2.42. The molecule has 0 spiro atoms. The van der Waals surface area contributed by atoms with Gasteiger partial charge in [-0.25, -0.2) is 9.37 Å². The van der Waals surface area contributed by atoms with Crippen LogP contribution in [0.25, 0.3) is 10.9 Å². The van der Waals surface area contributed by atoms with Gasteiger partial charge >= 0.3 is 0 Å². The molecule has 0 bridgehead atoms. The SMILES string of the molecule is CCN[C@H](CC(=O)N1CCN(c2nc(N)c3cc(OC)c(OC)cc3n2)C(c2cccc(OC)c2)C1)c1ccc(F)cc1. The van der Waals surface area contributed by atoms with Crippen LogP contribution >= 0.6 is 0 Å². The predicted molar refractivity (Wildman–Crippen MR) is 164 cm³/mol. The van der Waals surface area contributed by atoms with E-state index >= 15 is 0 Å². The Balaban J connectivity index is 1.47. The first-order valence-electron chi connectivity index (χ1n) is 14.2. The normalized spacial score (nSPS) is 15.8. The second kappa shape index (κ2) is 13.1. The third kappa shape index (κ3) is 6.41. The molecule has 1 fully saturated rings. The summed E-state index contributed by atoms with van der Waals surface area (Å²) in [5, 5.41) is 4.03. The van der Waals surface area contributed by atoms with Gasteiger partial charge in [-0.3, -0.25) is 4.79 Å². The van der Waals surface area contributed by atoms with E-state index in [0.29, 0.717) is 66.1 Å². The van der Waals surface area contributed by atoms with Gasteiger partial charge in [-0.05, 0) is 48.0 Å². The summed E-state index contributed by atoms with van der Waals surface area (Å²) < 4.78 is 30.0. The first-order chi connectivity index (χ1) is 20.8. The number of aromatic nitrogens is 2. The van der Waals surface area contributed by atoms with Crippen LogP contribution < -0.4 is 30.2 Å². The summed E-state index contributed by atoms with van der Waals surface area (Å²) in [6.45, 7) is 4.01.